The third-order valence-electron chi connectivity index (χ3n) is 3.11. The molecule has 0 spiro atoms. The van der Waals surface area contributed by atoms with Gasteiger partial charge < -0.3 is 15.4 Å². The molecule has 0 aromatic heterocycles. The van der Waals surface area contributed by atoms with Crippen LogP contribution in [0.1, 0.15) is 18.1 Å². The van der Waals surface area contributed by atoms with Crippen LogP contribution in [0, 0.1) is 5.92 Å². The van der Waals surface area contributed by atoms with Crippen LogP contribution in [0.25, 0.3) is 0 Å². The molecule has 0 saturated carbocycles. The lowest BCUT2D eigenvalue weighted by atomic mass is 10.1. The van der Waals surface area contributed by atoms with Gasteiger partial charge in [0.1, 0.15) is 6.29 Å². The quantitative estimate of drug-likeness (QED) is 0.776. The van der Waals surface area contributed by atoms with Crippen LogP contribution in [0.15, 0.2) is 18.2 Å². The first-order valence-corrected chi connectivity index (χ1v) is 5.76. The van der Waals surface area contributed by atoms with Gasteiger partial charge in [-0.05, 0) is 23.6 Å². The number of aldehydes is 1. The number of carbonyl (C=O) groups excluding carboxylic acids is 1. The van der Waals surface area contributed by atoms with Crippen molar-refractivity contribution in [2.24, 2.45) is 11.7 Å². The van der Waals surface area contributed by atoms with E-state index in [1.807, 2.05) is 6.92 Å². The Labute approximate surface area is 96.2 Å². The van der Waals surface area contributed by atoms with E-state index in [1.54, 1.807) is 0 Å². The van der Waals surface area contributed by atoms with E-state index in [4.69, 9.17) is 5.73 Å². The van der Waals surface area contributed by atoms with Crippen molar-refractivity contribution in [2.75, 3.05) is 18.0 Å². The number of fused-ring (bicyclic) bond motifs is 1. The standard InChI is InChI=1S/C13H18N2O/c1-10(9-16)8-15-5-4-12-6-11(7-14)2-3-13(12)15/h2-3,6,9-10H,4-5,7-8,14H2,1H3/t10-/m0/s1. The highest BCUT2D eigenvalue weighted by Gasteiger charge is 2.20. The first-order chi connectivity index (χ1) is 7.74. The van der Waals surface area contributed by atoms with Crippen LogP contribution in [0.4, 0.5) is 5.69 Å². The third kappa shape index (κ3) is 2.09. The predicted octanol–water partition coefficient (Wildman–Crippen LogP) is 1.34. The van der Waals surface area contributed by atoms with Gasteiger partial charge in [0.05, 0.1) is 0 Å². The highest BCUT2D eigenvalue weighted by molar-refractivity contribution is 5.61. The fourth-order valence-corrected chi connectivity index (χ4v) is 2.23. The van der Waals surface area contributed by atoms with Crippen LogP contribution in [0.2, 0.25) is 0 Å². The van der Waals surface area contributed by atoms with Gasteiger partial charge in [-0.2, -0.15) is 0 Å². The molecule has 0 unspecified atom stereocenters. The van der Waals surface area contributed by atoms with Crippen molar-refractivity contribution >= 4 is 12.0 Å². The molecule has 1 aromatic carbocycles. The van der Waals surface area contributed by atoms with Crippen molar-refractivity contribution in [3.8, 4) is 0 Å². The zero-order chi connectivity index (χ0) is 11.5. The summed E-state index contributed by atoms with van der Waals surface area (Å²) in [7, 11) is 0. The maximum absolute atomic E-state index is 10.7. The normalized spacial score (nSPS) is 16.0. The van der Waals surface area contributed by atoms with Gasteiger partial charge in [-0.3, -0.25) is 0 Å². The summed E-state index contributed by atoms with van der Waals surface area (Å²) in [5.74, 6) is 0.0973. The molecule has 16 heavy (non-hydrogen) atoms. The van der Waals surface area contributed by atoms with Crippen LogP contribution in [0.5, 0.6) is 0 Å². The average Bonchev–Trinajstić information content (AvgIpc) is 2.71. The van der Waals surface area contributed by atoms with Gasteiger partial charge in [0.25, 0.3) is 0 Å². The number of rotatable bonds is 4. The summed E-state index contributed by atoms with van der Waals surface area (Å²) in [6.07, 6.45) is 2.08. The Morgan fingerprint density at radius 3 is 3.06 bits per heavy atom. The molecule has 0 amide bonds. The van der Waals surface area contributed by atoms with Gasteiger partial charge in [-0.25, -0.2) is 0 Å². The summed E-state index contributed by atoms with van der Waals surface area (Å²) < 4.78 is 0. The third-order valence-corrected chi connectivity index (χ3v) is 3.11. The maximum Gasteiger partial charge on any atom is 0.124 e. The molecular weight excluding hydrogens is 200 g/mol. The summed E-state index contributed by atoms with van der Waals surface area (Å²) in [5, 5.41) is 0. The molecule has 0 radical (unpaired) electrons. The fraction of sp³-hybridized carbons (Fsp3) is 0.462. The minimum Gasteiger partial charge on any atom is -0.370 e. The van der Waals surface area contributed by atoms with Crippen LogP contribution < -0.4 is 10.6 Å². The van der Waals surface area contributed by atoms with Crippen molar-refractivity contribution in [1.29, 1.82) is 0 Å². The predicted molar refractivity (Wildman–Crippen MR) is 65.5 cm³/mol. The minimum atomic E-state index is 0.0973. The molecule has 86 valence electrons. The van der Waals surface area contributed by atoms with E-state index < -0.39 is 0 Å². The molecule has 1 heterocycles. The monoisotopic (exact) mass is 218 g/mol. The van der Waals surface area contributed by atoms with Crippen molar-refractivity contribution in [3.05, 3.63) is 29.3 Å². The molecule has 2 N–H and O–H groups in total. The zero-order valence-corrected chi connectivity index (χ0v) is 9.65. The summed E-state index contributed by atoms with van der Waals surface area (Å²) in [5.41, 5.74) is 9.44. The van der Waals surface area contributed by atoms with Gasteiger partial charge in [-0.1, -0.05) is 19.1 Å². The Bertz CT molecular complexity index is 390. The SMILES string of the molecule is C[C@H](C=O)CN1CCc2cc(CN)ccc21. The Balaban J connectivity index is 2.17. The summed E-state index contributed by atoms with van der Waals surface area (Å²) in [4.78, 5) is 12.9. The highest BCUT2D eigenvalue weighted by atomic mass is 16.1. The van der Waals surface area contributed by atoms with E-state index in [-0.39, 0.29) is 5.92 Å². The van der Waals surface area contributed by atoms with E-state index in [0.717, 1.165) is 25.8 Å². The van der Waals surface area contributed by atoms with Crippen molar-refractivity contribution < 1.29 is 4.79 Å². The molecule has 3 heteroatoms. The minimum absolute atomic E-state index is 0.0973. The number of nitrogens with two attached hydrogens (primary N) is 1. The molecule has 0 aliphatic carbocycles. The number of hydrogen-bond acceptors (Lipinski definition) is 3. The second-order valence-corrected chi connectivity index (χ2v) is 4.48. The fourth-order valence-electron chi connectivity index (χ4n) is 2.23. The first-order valence-electron chi connectivity index (χ1n) is 5.76. The van der Waals surface area contributed by atoms with E-state index >= 15 is 0 Å². The molecule has 0 saturated heterocycles. The van der Waals surface area contributed by atoms with Crippen molar-refractivity contribution in [1.82, 2.24) is 0 Å². The molecule has 1 aromatic rings. The van der Waals surface area contributed by atoms with E-state index in [1.165, 1.54) is 16.8 Å². The highest BCUT2D eigenvalue weighted by Crippen LogP contribution is 2.29. The number of anilines is 1. The van der Waals surface area contributed by atoms with Gasteiger partial charge in [0, 0.05) is 31.2 Å². The van der Waals surface area contributed by atoms with Crippen molar-refractivity contribution in [3.63, 3.8) is 0 Å². The largest absolute Gasteiger partial charge is 0.370 e. The van der Waals surface area contributed by atoms with E-state index in [9.17, 15) is 4.79 Å². The van der Waals surface area contributed by atoms with Crippen LogP contribution in [-0.4, -0.2) is 19.4 Å². The number of hydrogen-bond donors (Lipinski definition) is 1. The second kappa shape index (κ2) is 4.66. The smallest absolute Gasteiger partial charge is 0.124 e. The Morgan fingerprint density at radius 1 is 1.56 bits per heavy atom. The molecule has 0 bridgehead atoms. The average molecular weight is 218 g/mol. The maximum atomic E-state index is 10.7. The van der Waals surface area contributed by atoms with Crippen LogP contribution in [-0.2, 0) is 17.8 Å². The topological polar surface area (TPSA) is 46.3 Å². The van der Waals surface area contributed by atoms with Crippen molar-refractivity contribution in [2.45, 2.75) is 19.9 Å². The number of carbonyl (C=O) groups is 1. The zero-order valence-electron chi connectivity index (χ0n) is 9.65. The second-order valence-electron chi connectivity index (χ2n) is 4.48. The molecule has 2 rings (SSSR count). The molecule has 1 aliphatic rings. The van der Waals surface area contributed by atoms with Crippen LogP contribution in [0.3, 0.4) is 0 Å². The summed E-state index contributed by atoms with van der Waals surface area (Å²) in [6, 6.07) is 6.38. The Kier molecular flexibility index (Phi) is 3.25. The summed E-state index contributed by atoms with van der Waals surface area (Å²) in [6.45, 7) is 4.39. The van der Waals surface area contributed by atoms with E-state index in [2.05, 4.69) is 23.1 Å². The molecule has 1 aliphatic heterocycles. The molecule has 1 atom stereocenters. The molecule has 0 fully saturated rings. The van der Waals surface area contributed by atoms with E-state index in [0.29, 0.717) is 6.54 Å². The Hall–Kier alpha value is -1.35. The van der Waals surface area contributed by atoms with Gasteiger partial charge in [0.2, 0.25) is 0 Å². The Morgan fingerprint density at radius 2 is 2.38 bits per heavy atom. The number of nitrogens with zero attached hydrogens (tertiary/aromatic N) is 1. The van der Waals surface area contributed by atoms with Gasteiger partial charge in [0.15, 0.2) is 0 Å². The molecular formula is C13H18N2O. The lowest BCUT2D eigenvalue weighted by molar-refractivity contribution is -0.110. The lowest BCUT2D eigenvalue weighted by Crippen LogP contribution is -2.27. The lowest BCUT2D eigenvalue weighted by Gasteiger charge is -2.21. The summed E-state index contributed by atoms with van der Waals surface area (Å²) >= 11 is 0. The molecule has 3 nitrogen and oxygen atoms in total. The first kappa shape index (κ1) is 11.1. The number of benzene rings is 1. The van der Waals surface area contributed by atoms with Gasteiger partial charge >= 0.3 is 0 Å². The van der Waals surface area contributed by atoms with Gasteiger partial charge in [-0.15, -0.1) is 0 Å². The van der Waals surface area contributed by atoms with Crippen LogP contribution >= 0.6 is 0 Å².